The molecule has 1 aromatic carbocycles. The molecule has 0 saturated heterocycles. The summed E-state index contributed by atoms with van der Waals surface area (Å²) in [7, 11) is 0. The lowest BCUT2D eigenvalue weighted by molar-refractivity contribution is 0.249. The molecule has 2 amide bonds. The number of hydrogen-bond donors (Lipinski definition) is 3. The van der Waals surface area contributed by atoms with Crippen LogP contribution >= 0.6 is 0 Å². The fourth-order valence-electron chi connectivity index (χ4n) is 1.63. The molecule has 5 heteroatoms. The maximum Gasteiger partial charge on any atom is 0.319 e. The number of amides is 2. The van der Waals surface area contributed by atoms with E-state index in [0.29, 0.717) is 13.1 Å². The minimum atomic E-state index is -0.442. The molecule has 4 N–H and O–H groups in total. The van der Waals surface area contributed by atoms with Gasteiger partial charge in [0.05, 0.1) is 5.69 Å². The first-order valence-electron chi connectivity index (χ1n) is 5.65. The van der Waals surface area contributed by atoms with Crippen LogP contribution in [0.15, 0.2) is 24.3 Å². The summed E-state index contributed by atoms with van der Waals surface area (Å²) in [5.74, 6) is -0.442. The molecule has 0 bridgehead atoms. The molecule has 17 heavy (non-hydrogen) atoms. The Morgan fingerprint density at radius 3 is 2.71 bits per heavy atom. The van der Waals surface area contributed by atoms with Crippen LogP contribution in [0.5, 0.6) is 0 Å². The van der Waals surface area contributed by atoms with Gasteiger partial charge < -0.3 is 16.4 Å². The summed E-state index contributed by atoms with van der Waals surface area (Å²) >= 11 is 0. The Hall–Kier alpha value is -1.62. The zero-order valence-electron chi connectivity index (χ0n) is 9.50. The monoisotopic (exact) mass is 237 g/mol. The lowest BCUT2D eigenvalue weighted by Crippen LogP contribution is -2.36. The number of benzene rings is 1. The van der Waals surface area contributed by atoms with Crippen molar-refractivity contribution in [3.63, 3.8) is 0 Å². The van der Waals surface area contributed by atoms with E-state index in [9.17, 15) is 9.18 Å². The Kier molecular flexibility index (Phi) is 3.28. The minimum absolute atomic E-state index is 0.0760. The summed E-state index contributed by atoms with van der Waals surface area (Å²) in [5, 5.41) is 5.18. The molecule has 0 heterocycles. The lowest BCUT2D eigenvalue weighted by Gasteiger charge is -2.14. The highest BCUT2D eigenvalue weighted by atomic mass is 19.1. The van der Waals surface area contributed by atoms with Gasteiger partial charge in [-0.05, 0) is 31.5 Å². The highest BCUT2D eigenvalue weighted by Gasteiger charge is 2.41. The standard InChI is InChI=1S/C12H16FN3O/c13-9-3-1-2-4-10(9)16-11(17)15-8-12(7-14)5-6-12/h1-4H,5-8,14H2,(H2,15,16,17). The third-order valence-electron chi connectivity index (χ3n) is 3.14. The van der Waals surface area contributed by atoms with Crippen molar-refractivity contribution in [1.29, 1.82) is 0 Å². The van der Waals surface area contributed by atoms with E-state index >= 15 is 0 Å². The molecule has 1 saturated carbocycles. The summed E-state index contributed by atoms with van der Waals surface area (Å²) in [6.45, 7) is 1.12. The second-order valence-corrected chi connectivity index (χ2v) is 4.49. The van der Waals surface area contributed by atoms with Gasteiger partial charge in [-0.2, -0.15) is 0 Å². The summed E-state index contributed by atoms with van der Waals surface area (Å²) in [5.41, 5.74) is 5.86. The summed E-state index contributed by atoms with van der Waals surface area (Å²) in [6, 6.07) is 5.67. The van der Waals surface area contributed by atoms with E-state index in [1.165, 1.54) is 12.1 Å². The Labute approximate surface area is 99.4 Å². The number of nitrogens with one attached hydrogen (secondary N) is 2. The number of halogens is 1. The van der Waals surface area contributed by atoms with Crippen molar-refractivity contribution in [2.24, 2.45) is 11.1 Å². The van der Waals surface area contributed by atoms with Gasteiger partial charge in [0.1, 0.15) is 5.82 Å². The zero-order chi connectivity index (χ0) is 12.3. The SMILES string of the molecule is NCC1(CNC(=O)Nc2ccccc2F)CC1. The largest absolute Gasteiger partial charge is 0.337 e. The van der Waals surface area contributed by atoms with E-state index in [1.807, 2.05) is 0 Å². The van der Waals surface area contributed by atoms with Gasteiger partial charge in [0.15, 0.2) is 0 Å². The van der Waals surface area contributed by atoms with Crippen molar-refractivity contribution in [3.05, 3.63) is 30.1 Å². The van der Waals surface area contributed by atoms with Crippen molar-refractivity contribution in [2.45, 2.75) is 12.8 Å². The number of carbonyl (C=O) groups is 1. The highest BCUT2D eigenvalue weighted by Crippen LogP contribution is 2.43. The van der Waals surface area contributed by atoms with Crippen LogP contribution in [0, 0.1) is 11.2 Å². The van der Waals surface area contributed by atoms with Crippen LogP contribution in [0.3, 0.4) is 0 Å². The Balaban J connectivity index is 1.83. The van der Waals surface area contributed by atoms with E-state index in [4.69, 9.17) is 5.73 Å². The Morgan fingerprint density at radius 2 is 2.12 bits per heavy atom. The van der Waals surface area contributed by atoms with Crippen molar-refractivity contribution in [2.75, 3.05) is 18.4 Å². The first-order chi connectivity index (χ1) is 8.15. The number of rotatable bonds is 4. The third-order valence-corrected chi connectivity index (χ3v) is 3.14. The van der Waals surface area contributed by atoms with Crippen LogP contribution in [0.1, 0.15) is 12.8 Å². The molecule has 1 aliphatic rings. The van der Waals surface area contributed by atoms with Crippen molar-refractivity contribution < 1.29 is 9.18 Å². The molecule has 0 unspecified atom stereocenters. The molecule has 1 aromatic rings. The van der Waals surface area contributed by atoms with Crippen molar-refractivity contribution in [3.8, 4) is 0 Å². The molecule has 0 spiro atoms. The Bertz CT molecular complexity index is 418. The summed E-state index contributed by atoms with van der Waals surface area (Å²) in [6.07, 6.45) is 2.09. The van der Waals surface area contributed by atoms with Gasteiger partial charge in [-0.15, -0.1) is 0 Å². The minimum Gasteiger partial charge on any atom is -0.337 e. The zero-order valence-corrected chi connectivity index (χ0v) is 9.50. The maximum atomic E-state index is 13.2. The average molecular weight is 237 g/mol. The smallest absolute Gasteiger partial charge is 0.319 e. The molecule has 0 radical (unpaired) electrons. The highest BCUT2D eigenvalue weighted by molar-refractivity contribution is 5.89. The topological polar surface area (TPSA) is 67.1 Å². The molecule has 2 rings (SSSR count). The van der Waals surface area contributed by atoms with E-state index in [-0.39, 0.29) is 11.1 Å². The first kappa shape index (κ1) is 11.9. The molecule has 0 aliphatic heterocycles. The van der Waals surface area contributed by atoms with Crippen molar-refractivity contribution >= 4 is 11.7 Å². The third kappa shape index (κ3) is 2.94. The summed E-state index contributed by atoms with van der Waals surface area (Å²) < 4.78 is 13.2. The second-order valence-electron chi connectivity index (χ2n) is 4.49. The number of nitrogens with two attached hydrogens (primary N) is 1. The van der Waals surface area contributed by atoms with Crippen LogP contribution in [0.2, 0.25) is 0 Å². The van der Waals surface area contributed by atoms with Crippen LogP contribution in [0.25, 0.3) is 0 Å². The molecule has 1 aliphatic carbocycles. The van der Waals surface area contributed by atoms with Crippen LogP contribution in [-0.2, 0) is 0 Å². The number of anilines is 1. The maximum absolute atomic E-state index is 13.2. The fraction of sp³-hybridized carbons (Fsp3) is 0.417. The van der Waals surface area contributed by atoms with Gasteiger partial charge in [0.25, 0.3) is 0 Å². The van der Waals surface area contributed by atoms with Gasteiger partial charge in [-0.3, -0.25) is 0 Å². The predicted molar refractivity (Wildman–Crippen MR) is 64.1 cm³/mol. The average Bonchev–Trinajstić information content (AvgIpc) is 3.10. The molecule has 1 fully saturated rings. The van der Waals surface area contributed by atoms with Gasteiger partial charge in [0.2, 0.25) is 0 Å². The number of carbonyl (C=O) groups excluding carboxylic acids is 1. The van der Waals surface area contributed by atoms with E-state index in [2.05, 4.69) is 10.6 Å². The van der Waals surface area contributed by atoms with Gasteiger partial charge >= 0.3 is 6.03 Å². The molecule has 4 nitrogen and oxygen atoms in total. The van der Waals surface area contributed by atoms with Crippen LogP contribution in [0.4, 0.5) is 14.9 Å². The van der Waals surface area contributed by atoms with Crippen LogP contribution < -0.4 is 16.4 Å². The fourth-order valence-corrected chi connectivity index (χ4v) is 1.63. The van der Waals surface area contributed by atoms with Crippen LogP contribution in [-0.4, -0.2) is 19.1 Å². The number of hydrogen-bond acceptors (Lipinski definition) is 2. The number of para-hydroxylation sites is 1. The molecular formula is C12H16FN3O. The molecule has 0 atom stereocenters. The second kappa shape index (κ2) is 4.71. The normalized spacial score (nSPS) is 16.4. The first-order valence-corrected chi connectivity index (χ1v) is 5.65. The molecule has 0 aromatic heterocycles. The lowest BCUT2D eigenvalue weighted by atomic mass is 10.1. The van der Waals surface area contributed by atoms with Gasteiger partial charge in [-0.1, -0.05) is 12.1 Å². The number of urea groups is 1. The van der Waals surface area contributed by atoms with Gasteiger partial charge in [-0.25, -0.2) is 9.18 Å². The quantitative estimate of drug-likeness (QED) is 0.746. The van der Waals surface area contributed by atoms with E-state index < -0.39 is 11.8 Å². The molecular weight excluding hydrogens is 221 g/mol. The Morgan fingerprint density at radius 1 is 1.41 bits per heavy atom. The van der Waals surface area contributed by atoms with Gasteiger partial charge in [0, 0.05) is 12.0 Å². The van der Waals surface area contributed by atoms with Crippen molar-refractivity contribution in [1.82, 2.24) is 5.32 Å². The predicted octanol–water partition coefficient (Wildman–Crippen LogP) is 1.69. The summed E-state index contributed by atoms with van der Waals surface area (Å²) in [4.78, 5) is 11.5. The molecule has 92 valence electrons. The van der Waals surface area contributed by atoms with E-state index in [0.717, 1.165) is 12.8 Å². The van der Waals surface area contributed by atoms with E-state index in [1.54, 1.807) is 12.1 Å².